The number of carbonyl (C=O) groups excluding carboxylic acids is 1. The molecule has 2 aromatic rings. The summed E-state index contributed by atoms with van der Waals surface area (Å²) in [4.78, 5) is 15.6. The summed E-state index contributed by atoms with van der Waals surface area (Å²) in [6.45, 7) is 0. The van der Waals surface area contributed by atoms with Crippen molar-refractivity contribution >= 4 is 11.6 Å². The van der Waals surface area contributed by atoms with Gasteiger partial charge in [-0.1, -0.05) is 0 Å². The molecule has 1 saturated carbocycles. The SMILES string of the molecule is N#Cc1cc(C2CC2)cn2cc(CC(=O)NN)nc12. The number of nitrogens with zero attached hydrogens (tertiary/aromatic N) is 3. The lowest BCUT2D eigenvalue weighted by Crippen LogP contribution is -2.31. The summed E-state index contributed by atoms with van der Waals surface area (Å²) in [5.74, 6) is 5.32. The van der Waals surface area contributed by atoms with E-state index >= 15 is 0 Å². The first-order valence-corrected chi connectivity index (χ1v) is 6.12. The van der Waals surface area contributed by atoms with Crippen LogP contribution in [0.4, 0.5) is 0 Å². The van der Waals surface area contributed by atoms with Crippen molar-refractivity contribution in [3.63, 3.8) is 0 Å². The summed E-state index contributed by atoms with van der Waals surface area (Å²) < 4.78 is 1.82. The van der Waals surface area contributed by atoms with Crippen molar-refractivity contribution < 1.29 is 4.79 Å². The van der Waals surface area contributed by atoms with Crippen molar-refractivity contribution in [2.75, 3.05) is 0 Å². The highest BCUT2D eigenvalue weighted by Gasteiger charge is 2.25. The van der Waals surface area contributed by atoms with E-state index in [-0.39, 0.29) is 12.3 Å². The number of hydrogen-bond donors (Lipinski definition) is 2. The average molecular weight is 255 g/mol. The molecule has 0 saturated heterocycles. The fraction of sp³-hybridized carbons (Fsp3) is 0.308. The van der Waals surface area contributed by atoms with Gasteiger partial charge in [0.15, 0.2) is 5.65 Å². The molecule has 3 N–H and O–H groups in total. The van der Waals surface area contributed by atoms with Crippen molar-refractivity contribution in [2.24, 2.45) is 5.84 Å². The number of nitrogens with one attached hydrogen (secondary N) is 1. The number of nitrogens with two attached hydrogens (primary N) is 1. The number of amides is 1. The second kappa shape index (κ2) is 4.37. The maximum atomic E-state index is 11.2. The molecular weight excluding hydrogens is 242 g/mol. The van der Waals surface area contributed by atoms with Gasteiger partial charge in [0.2, 0.25) is 5.91 Å². The summed E-state index contributed by atoms with van der Waals surface area (Å²) in [6.07, 6.45) is 6.23. The number of carbonyl (C=O) groups is 1. The Kier molecular flexibility index (Phi) is 2.69. The summed E-state index contributed by atoms with van der Waals surface area (Å²) in [6, 6.07) is 4.06. The van der Waals surface area contributed by atoms with Crippen LogP contribution in [0, 0.1) is 11.3 Å². The second-order valence-corrected chi connectivity index (χ2v) is 4.78. The van der Waals surface area contributed by atoms with E-state index in [0.29, 0.717) is 22.8 Å². The van der Waals surface area contributed by atoms with Crippen molar-refractivity contribution in [3.05, 3.63) is 35.3 Å². The summed E-state index contributed by atoms with van der Waals surface area (Å²) in [5.41, 5.74) is 4.97. The highest BCUT2D eigenvalue weighted by atomic mass is 16.2. The second-order valence-electron chi connectivity index (χ2n) is 4.78. The quantitative estimate of drug-likeness (QED) is 0.477. The van der Waals surface area contributed by atoms with Crippen LogP contribution in [0.3, 0.4) is 0 Å². The van der Waals surface area contributed by atoms with Gasteiger partial charge in [-0.2, -0.15) is 5.26 Å². The molecule has 0 spiro atoms. The molecule has 3 rings (SSSR count). The first-order chi connectivity index (χ1) is 9.21. The van der Waals surface area contributed by atoms with Crippen LogP contribution in [0.1, 0.15) is 35.6 Å². The number of aromatic nitrogens is 2. The lowest BCUT2D eigenvalue weighted by atomic mass is 10.1. The lowest BCUT2D eigenvalue weighted by molar-refractivity contribution is -0.120. The molecule has 0 aliphatic heterocycles. The Hall–Kier alpha value is -2.39. The topological polar surface area (TPSA) is 96.2 Å². The predicted molar refractivity (Wildman–Crippen MR) is 67.9 cm³/mol. The van der Waals surface area contributed by atoms with E-state index in [4.69, 9.17) is 5.84 Å². The summed E-state index contributed by atoms with van der Waals surface area (Å²) in [5, 5.41) is 9.20. The maximum absolute atomic E-state index is 11.2. The molecule has 2 aromatic heterocycles. The maximum Gasteiger partial charge on any atom is 0.239 e. The summed E-state index contributed by atoms with van der Waals surface area (Å²) >= 11 is 0. The fourth-order valence-electron chi connectivity index (χ4n) is 2.19. The van der Waals surface area contributed by atoms with Gasteiger partial charge in [-0.05, 0) is 30.4 Å². The number of fused-ring (bicyclic) bond motifs is 1. The zero-order valence-corrected chi connectivity index (χ0v) is 10.3. The van der Waals surface area contributed by atoms with E-state index in [0.717, 1.165) is 5.56 Å². The monoisotopic (exact) mass is 255 g/mol. The zero-order chi connectivity index (χ0) is 13.4. The van der Waals surface area contributed by atoms with Crippen LogP contribution in [0.25, 0.3) is 5.65 Å². The highest BCUT2D eigenvalue weighted by Crippen LogP contribution is 2.40. The van der Waals surface area contributed by atoms with Crippen LogP contribution < -0.4 is 11.3 Å². The average Bonchev–Trinajstić information content (AvgIpc) is 3.18. The standard InChI is InChI=1S/C13H13N5O/c14-5-9-3-10(8-1-2-8)6-18-7-11(16-13(9)18)4-12(19)17-15/h3,6-8H,1-2,4,15H2,(H,17,19). The van der Waals surface area contributed by atoms with Gasteiger partial charge in [0.1, 0.15) is 6.07 Å². The molecule has 0 aromatic carbocycles. The highest BCUT2D eigenvalue weighted by molar-refractivity contribution is 5.77. The number of hydrazine groups is 1. The predicted octanol–water partition coefficient (Wildman–Crippen LogP) is 0.616. The van der Waals surface area contributed by atoms with Crippen LogP contribution in [-0.4, -0.2) is 15.3 Å². The minimum Gasteiger partial charge on any atom is -0.305 e. The molecule has 0 bridgehead atoms. The molecule has 1 amide bonds. The molecule has 2 heterocycles. The van der Waals surface area contributed by atoms with Gasteiger partial charge in [0.05, 0.1) is 17.7 Å². The molecule has 96 valence electrons. The molecule has 0 unspecified atom stereocenters. The van der Waals surface area contributed by atoms with E-state index in [9.17, 15) is 10.1 Å². The lowest BCUT2D eigenvalue weighted by Gasteiger charge is -2.01. The van der Waals surface area contributed by atoms with Gasteiger partial charge in [-0.25, -0.2) is 10.8 Å². The zero-order valence-electron chi connectivity index (χ0n) is 10.3. The Morgan fingerprint density at radius 2 is 2.37 bits per heavy atom. The van der Waals surface area contributed by atoms with Crippen LogP contribution in [0.2, 0.25) is 0 Å². The first kappa shape index (κ1) is 11.7. The molecule has 6 heteroatoms. The molecule has 1 aliphatic carbocycles. The minimum absolute atomic E-state index is 0.113. The smallest absolute Gasteiger partial charge is 0.239 e. The minimum atomic E-state index is -0.302. The number of hydrogen-bond acceptors (Lipinski definition) is 4. The molecule has 0 atom stereocenters. The number of rotatable bonds is 3. The third kappa shape index (κ3) is 2.16. The fourth-order valence-corrected chi connectivity index (χ4v) is 2.19. The van der Waals surface area contributed by atoms with Crippen molar-refractivity contribution in [1.82, 2.24) is 14.8 Å². The molecular formula is C13H13N5O. The molecule has 6 nitrogen and oxygen atoms in total. The van der Waals surface area contributed by atoms with Crippen LogP contribution >= 0.6 is 0 Å². The Morgan fingerprint density at radius 1 is 1.58 bits per heavy atom. The van der Waals surface area contributed by atoms with Gasteiger partial charge >= 0.3 is 0 Å². The molecule has 1 fully saturated rings. The van der Waals surface area contributed by atoms with E-state index in [1.165, 1.54) is 12.8 Å². The Morgan fingerprint density at radius 3 is 3.00 bits per heavy atom. The third-order valence-corrected chi connectivity index (χ3v) is 3.29. The van der Waals surface area contributed by atoms with E-state index in [2.05, 4.69) is 16.5 Å². The molecule has 19 heavy (non-hydrogen) atoms. The van der Waals surface area contributed by atoms with Gasteiger partial charge in [-0.15, -0.1) is 0 Å². The number of pyridine rings is 1. The normalized spacial score (nSPS) is 14.3. The van der Waals surface area contributed by atoms with E-state index < -0.39 is 0 Å². The number of imidazole rings is 1. The summed E-state index contributed by atoms with van der Waals surface area (Å²) in [7, 11) is 0. The van der Waals surface area contributed by atoms with E-state index in [1.54, 1.807) is 6.20 Å². The van der Waals surface area contributed by atoms with Crippen LogP contribution in [-0.2, 0) is 11.2 Å². The van der Waals surface area contributed by atoms with Gasteiger partial charge in [0.25, 0.3) is 0 Å². The third-order valence-electron chi connectivity index (χ3n) is 3.29. The molecule has 1 aliphatic rings. The van der Waals surface area contributed by atoms with Crippen molar-refractivity contribution in [3.8, 4) is 6.07 Å². The Balaban J connectivity index is 2.05. The largest absolute Gasteiger partial charge is 0.305 e. The van der Waals surface area contributed by atoms with Crippen molar-refractivity contribution in [2.45, 2.75) is 25.2 Å². The Labute approximate surface area is 109 Å². The van der Waals surface area contributed by atoms with Gasteiger partial charge in [-0.3, -0.25) is 10.2 Å². The number of nitriles is 1. The van der Waals surface area contributed by atoms with Gasteiger partial charge < -0.3 is 4.40 Å². The first-order valence-electron chi connectivity index (χ1n) is 6.12. The van der Waals surface area contributed by atoms with E-state index in [1.807, 2.05) is 16.7 Å². The molecule has 0 radical (unpaired) electrons. The van der Waals surface area contributed by atoms with Crippen molar-refractivity contribution in [1.29, 1.82) is 5.26 Å². The van der Waals surface area contributed by atoms with Crippen LogP contribution in [0.15, 0.2) is 18.5 Å². The van der Waals surface area contributed by atoms with Gasteiger partial charge in [0, 0.05) is 12.4 Å². The van der Waals surface area contributed by atoms with Crippen LogP contribution in [0.5, 0.6) is 0 Å². The Bertz CT molecular complexity index is 693.